The minimum Gasteiger partial charge on any atom is -0.507 e. The molecule has 1 amide bonds. The number of thiazole rings is 1. The molecule has 1 aliphatic rings. The Labute approximate surface area is 251 Å². The molecular weight excluding hydrogens is 552 g/mol. The first-order valence-corrected chi connectivity index (χ1v) is 15.1. The van der Waals surface area contributed by atoms with E-state index < -0.39 is 23.7 Å². The first-order chi connectivity index (χ1) is 20.0. The molecular formula is C33H38N2O6S. The van der Waals surface area contributed by atoms with Gasteiger partial charge in [0, 0.05) is 5.56 Å². The van der Waals surface area contributed by atoms with E-state index in [1.165, 1.54) is 4.90 Å². The topological polar surface area (TPSA) is 106 Å². The van der Waals surface area contributed by atoms with Crippen LogP contribution in [0.15, 0.2) is 54.1 Å². The molecule has 0 spiro atoms. The maximum atomic E-state index is 13.6. The SMILES string of the molecule is CCCCOc1ccc(C(O)=C2C(=O)C(=O)N(c3nc(C)c(C(=O)OCC(C)C)s3)C2c2ccc(C(C)C)cc2)cc1. The highest BCUT2D eigenvalue weighted by atomic mass is 32.1. The monoisotopic (exact) mass is 590 g/mol. The number of benzene rings is 2. The number of carbonyl (C=O) groups excluding carboxylic acids is 3. The Hall–Kier alpha value is -3.98. The molecule has 1 atom stereocenters. The fourth-order valence-corrected chi connectivity index (χ4v) is 5.58. The summed E-state index contributed by atoms with van der Waals surface area (Å²) in [6.07, 6.45) is 1.94. The highest BCUT2D eigenvalue weighted by Gasteiger charge is 2.48. The third-order valence-electron chi connectivity index (χ3n) is 6.98. The highest BCUT2D eigenvalue weighted by Crippen LogP contribution is 2.44. The van der Waals surface area contributed by atoms with Crippen LogP contribution in [-0.2, 0) is 14.3 Å². The van der Waals surface area contributed by atoms with Crippen LogP contribution in [-0.4, -0.2) is 41.0 Å². The van der Waals surface area contributed by atoms with Crippen molar-refractivity contribution in [3.8, 4) is 5.75 Å². The summed E-state index contributed by atoms with van der Waals surface area (Å²) in [7, 11) is 0. The zero-order valence-electron chi connectivity index (χ0n) is 25.0. The van der Waals surface area contributed by atoms with Gasteiger partial charge in [0.15, 0.2) is 5.13 Å². The van der Waals surface area contributed by atoms with Crippen LogP contribution >= 0.6 is 11.3 Å². The van der Waals surface area contributed by atoms with E-state index in [9.17, 15) is 19.5 Å². The lowest BCUT2D eigenvalue weighted by Crippen LogP contribution is -2.29. The van der Waals surface area contributed by atoms with Crippen LogP contribution in [0.2, 0.25) is 0 Å². The van der Waals surface area contributed by atoms with Crippen molar-refractivity contribution in [3.63, 3.8) is 0 Å². The number of carbonyl (C=O) groups is 3. The second-order valence-corrected chi connectivity index (χ2v) is 12.1. The molecule has 0 bridgehead atoms. The van der Waals surface area contributed by atoms with Gasteiger partial charge in [-0.05, 0) is 60.6 Å². The van der Waals surface area contributed by atoms with E-state index >= 15 is 0 Å². The third-order valence-corrected chi connectivity index (χ3v) is 8.12. The Bertz CT molecular complexity index is 1470. The molecule has 4 rings (SSSR count). The third kappa shape index (κ3) is 6.57. The van der Waals surface area contributed by atoms with Gasteiger partial charge >= 0.3 is 11.9 Å². The van der Waals surface area contributed by atoms with Crippen molar-refractivity contribution in [2.24, 2.45) is 5.92 Å². The second-order valence-electron chi connectivity index (χ2n) is 11.1. The van der Waals surface area contributed by atoms with Gasteiger partial charge in [0.05, 0.1) is 30.5 Å². The molecule has 1 fully saturated rings. The summed E-state index contributed by atoms with van der Waals surface area (Å²) in [5, 5.41) is 11.7. The molecule has 8 nitrogen and oxygen atoms in total. The summed E-state index contributed by atoms with van der Waals surface area (Å²) in [4.78, 5) is 46.0. The van der Waals surface area contributed by atoms with Gasteiger partial charge in [-0.25, -0.2) is 9.78 Å². The molecule has 9 heteroatoms. The Kier molecular flexibility index (Phi) is 9.83. The first-order valence-electron chi connectivity index (χ1n) is 14.3. The van der Waals surface area contributed by atoms with E-state index in [0.717, 1.165) is 29.7 Å². The van der Waals surface area contributed by atoms with Gasteiger partial charge < -0.3 is 14.6 Å². The zero-order chi connectivity index (χ0) is 30.6. The molecule has 2 heterocycles. The summed E-state index contributed by atoms with van der Waals surface area (Å²) in [5.74, 6) is -1.39. The van der Waals surface area contributed by atoms with Crippen LogP contribution < -0.4 is 9.64 Å². The van der Waals surface area contributed by atoms with Crippen molar-refractivity contribution >= 4 is 39.9 Å². The minimum absolute atomic E-state index is 0.0475. The fraction of sp³-hybridized carbons (Fsp3) is 0.394. The number of unbranched alkanes of at least 4 members (excludes halogenated alkanes) is 1. The van der Waals surface area contributed by atoms with Crippen molar-refractivity contribution in [1.82, 2.24) is 4.98 Å². The Balaban J connectivity index is 1.79. The number of ketones is 1. The first kappa shape index (κ1) is 31.0. The number of nitrogens with zero attached hydrogens (tertiary/aromatic N) is 2. The molecule has 1 N–H and O–H groups in total. The number of aryl methyl sites for hydroxylation is 1. The van der Waals surface area contributed by atoms with Gasteiger partial charge in [-0.15, -0.1) is 0 Å². The van der Waals surface area contributed by atoms with Crippen LogP contribution in [0.1, 0.15) is 91.5 Å². The van der Waals surface area contributed by atoms with Gasteiger partial charge in [0.1, 0.15) is 16.4 Å². The number of ether oxygens (including phenoxy) is 2. The lowest BCUT2D eigenvalue weighted by Gasteiger charge is -2.23. The van der Waals surface area contributed by atoms with E-state index in [2.05, 4.69) is 25.8 Å². The van der Waals surface area contributed by atoms with Crippen LogP contribution in [0.4, 0.5) is 5.13 Å². The standard InChI is InChI=1S/C33H38N2O6S/c1-7-8-17-40-25-15-13-24(14-16-25)28(36)26-27(23-11-9-22(10-12-23)20(4)5)35(31(38)29(26)37)33-34-21(6)30(42-33)32(39)41-18-19(2)3/h9-16,19-20,27,36H,7-8,17-18H2,1-6H3. The van der Waals surface area contributed by atoms with Crippen LogP contribution in [0, 0.1) is 12.8 Å². The van der Waals surface area contributed by atoms with E-state index in [1.807, 2.05) is 38.1 Å². The van der Waals surface area contributed by atoms with Crippen LogP contribution in [0.3, 0.4) is 0 Å². The average Bonchev–Trinajstić information content (AvgIpc) is 3.48. The molecule has 222 valence electrons. The molecule has 0 aliphatic carbocycles. The lowest BCUT2D eigenvalue weighted by molar-refractivity contribution is -0.132. The molecule has 42 heavy (non-hydrogen) atoms. The molecule has 1 aliphatic heterocycles. The van der Waals surface area contributed by atoms with Crippen LogP contribution in [0.5, 0.6) is 5.75 Å². The fourth-order valence-electron chi connectivity index (χ4n) is 4.59. The van der Waals surface area contributed by atoms with E-state index in [4.69, 9.17) is 9.47 Å². The second kappa shape index (κ2) is 13.3. The van der Waals surface area contributed by atoms with Crippen molar-refractivity contribution in [2.75, 3.05) is 18.1 Å². The molecule has 3 aromatic rings. The van der Waals surface area contributed by atoms with Crippen molar-refractivity contribution in [2.45, 2.75) is 66.3 Å². The minimum atomic E-state index is -0.947. The van der Waals surface area contributed by atoms with E-state index in [-0.39, 0.29) is 39.8 Å². The number of aromatic nitrogens is 1. The number of esters is 1. The smallest absolute Gasteiger partial charge is 0.350 e. The van der Waals surface area contributed by atoms with E-state index in [1.54, 1.807) is 31.2 Å². The number of anilines is 1. The lowest BCUT2D eigenvalue weighted by atomic mass is 9.93. The number of hydrogen-bond acceptors (Lipinski definition) is 8. The van der Waals surface area contributed by atoms with Gasteiger partial charge in [0.2, 0.25) is 0 Å². The largest absolute Gasteiger partial charge is 0.507 e. The number of aliphatic hydroxyl groups is 1. The zero-order valence-corrected chi connectivity index (χ0v) is 25.8. The van der Waals surface area contributed by atoms with E-state index in [0.29, 0.717) is 29.2 Å². The quantitative estimate of drug-likeness (QED) is 0.0828. The summed E-state index contributed by atoms with van der Waals surface area (Å²) in [6, 6.07) is 13.5. The number of hydrogen-bond donors (Lipinski definition) is 1. The normalized spacial score (nSPS) is 16.5. The Morgan fingerprint density at radius 2 is 1.71 bits per heavy atom. The summed E-state index contributed by atoms with van der Waals surface area (Å²) < 4.78 is 11.1. The summed E-state index contributed by atoms with van der Waals surface area (Å²) >= 11 is 0.996. The van der Waals surface area contributed by atoms with Gasteiger partial charge in [-0.3, -0.25) is 14.5 Å². The maximum absolute atomic E-state index is 13.6. The maximum Gasteiger partial charge on any atom is 0.350 e. The predicted molar refractivity (Wildman–Crippen MR) is 164 cm³/mol. The number of aliphatic hydroxyl groups excluding tert-OH is 1. The van der Waals surface area contributed by atoms with Gasteiger partial charge in [-0.2, -0.15) is 0 Å². The van der Waals surface area contributed by atoms with Gasteiger partial charge in [0.25, 0.3) is 5.78 Å². The molecule has 1 aromatic heterocycles. The number of amides is 1. The number of rotatable bonds is 11. The molecule has 1 unspecified atom stereocenters. The molecule has 1 saturated heterocycles. The molecule has 2 aromatic carbocycles. The van der Waals surface area contributed by atoms with Crippen molar-refractivity contribution < 1.29 is 29.0 Å². The van der Waals surface area contributed by atoms with Crippen LogP contribution in [0.25, 0.3) is 5.76 Å². The molecule has 0 saturated carbocycles. The summed E-state index contributed by atoms with van der Waals surface area (Å²) in [6.45, 7) is 12.6. The Morgan fingerprint density at radius 1 is 1.05 bits per heavy atom. The van der Waals surface area contributed by atoms with Crippen molar-refractivity contribution in [3.05, 3.63) is 81.4 Å². The predicted octanol–water partition coefficient (Wildman–Crippen LogP) is 7.19. The summed E-state index contributed by atoms with van der Waals surface area (Å²) in [5.41, 5.74) is 2.46. The average molecular weight is 591 g/mol. The molecule has 0 radical (unpaired) electrons. The van der Waals surface area contributed by atoms with Gasteiger partial charge in [-0.1, -0.05) is 76.6 Å². The number of Topliss-reactive ketones (excluding diaryl/α,β-unsaturated/α-hetero) is 1. The highest BCUT2D eigenvalue weighted by molar-refractivity contribution is 7.17. The Morgan fingerprint density at radius 3 is 2.31 bits per heavy atom. The van der Waals surface area contributed by atoms with Crippen molar-refractivity contribution in [1.29, 1.82) is 0 Å².